The molecular formula is C14H15N3O3S. The van der Waals surface area contributed by atoms with Crippen LogP contribution < -0.4 is 5.32 Å². The molecule has 0 aliphatic carbocycles. The number of carbonyl (C=O) groups is 2. The van der Waals surface area contributed by atoms with Crippen molar-refractivity contribution in [1.82, 2.24) is 9.59 Å². The Kier molecular flexibility index (Phi) is 4.64. The second-order valence-corrected chi connectivity index (χ2v) is 5.15. The molecule has 7 heteroatoms. The van der Waals surface area contributed by atoms with Gasteiger partial charge in [-0.15, -0.1) is 5.10 Å². The Labute approximate surface area is 126 Å². The van der Waals surface area contributed by atoms with Gasteiger partial charge in [0.05, 0.1) is 24.1 Å². The van der Waals surface area contributed by atoms with Crippen LogP contribution in [0.3, 0.4) is 0 Å². The molecule has 0 unspecified atom stereocenters. The van der Waals surface area contributed by atoms with E-state index in [0.29, 0.717) is 28.2 Å². The molecule has 1 aromatic carbocycles. The molecule has 1 amide bonds. The van der Waals surface area contributed by atoms with Gasteiger partial charge in [0.1, 0.15) is 4.88 Å². The SMILES string of the molecule is CCc1nnsc1C(=O)Nc1ccc(C)cc1C(=O)OC. The van der Waals surface area contributed by atoms with E-state index in [1.54, 1.807) is 12.1 Å². The number of carbonyl (C=O) groups excluding carboxylic acids is 2. The monoisotopic (exact) mass is 305 g/mol. The molecule has 1 N–H and O–H groups in total. The number of nitrogens with one attached hydrogen (secondary N) is 1. The maximum absolute atomic E-state index is 12.3. The van der Waals surface area contributed by atoms with Crippen LogP contribution in [0.2, 0.25) is 0 Å². The molecule has 2 aromatic rings. The Bertz CT molecular complexity index is 682. The zero-order valence-corrected chi connectivity index (χ0v) is 12.8. The summed E-state index contributed by atoms with van der Waals surface area (Å²) in [6.07, 6.45) is 0.622. The smallest absolute Gasteiger partial charge is 0.339 e. The van der Waals surface area contributed by atoms with Crippen molar-refractivity contribution in [3.8, 4) is 0 Å². The molecule has 0 bridgehead atoms. The molecule has 0 saturated carbocycles. The summed E-state index contributed by atoms with van der Waals surface area (Å²) in [5, 5.41) is 6.62. The average molecular weight is 305 g/mol. The maximum Gasteiger partial charge on any atom is 0.339 e. The van der Waals surface area contributed by atoms with Gasteiger partial charge < -0.3 is 10.1 Å². The number of amides is 1. The van der Waals surface area contributed by atoms with Crippen molar-refractivity contribution < 1.29 is 14.3 Å². The van der Waals surface area contributed by atoms with E-state index in [1.165, 1.54) is 7.11 Å². The first-order valence-corrected chi connectivity index (χ1v) is 7.15. The molecule has 0 atom stereocenters. The van der Waals surface area contributed by atoms with E-state index in [9.17, 15) is 9.59 Å². The third-order valence-corrected chi connectivity index (χ3v) is 3.69. The number of esters is 1. The van der Waals surface area contributed by atoms with Crippen LogP contribution in [-0.4, -0.2) is 28.6 Å². The molecule has 6 nitrogen and oxygen atoms in total. The van der Waals surface area contributed by atoms with Gasteiger partial charge in [-0.25, -0.2) is 4.79 Å². The van der Waals surface area contributed by atoms with Crippen LogP contribution in [0.5, 0.6) is 0 Å². The van der Waals surface area contributed by atoms with Gasteiger partial charge in [0.15, 0.2) is 0 Å². The number of nitrogens with zero attached hydrogens (tertiary/aromatic N) is 2. The Balaban J connectivity index is 2.31. The first-order valence-electron chi connectivity index (χ1n) is 6.38. The van der Waals surface area contributed by atoms with Gasteiger partial charge in [-0.05, 0) is 37.0 Å². The van der Waals surface area contributed by atoms with Gasteiger partial charge in [-0.1, -0.05) is 23.0 Å². The van der Waals surface area contributed by atoms with Gasteiger partial charge in [0.2, 0.25) is 0 Å². The lowest BCUT2D eigenvalue weighted by Crippen LogP contribution is -2.16. The Hall–Kier alpha value is -2.28. The van der Waals surface area contributed by atoms with Crippen molar-refractivity contribution in [2.45, 2.75) is 20.3 Å². The topological polar surface area (TPSA) is 81.2 Å². The average Bonchev–Trinajstić information content (AvgIpc) is 2.96. The number of hydrogen-bond acceptors (Lipinski definition) is 6. The van der Waals surface area contributed by atoms with Gasteiger partial charge in [-0.2, -0.15) is 0 Å². The van der Waals surface area contributed by atoms with Crippen LogP contribution in [0.25, 0.3) is 0 Å². The summed E-state index contributed by atoms with van der Waals surface area (Å²) in [5.74, 6) is -0.817. The molecule has 110 valence electrons. The van der Waals surface area contributed by atoms with Crippen LogP contribution in [0.1, 0.15) is 38.2 Å². The van der Waals surface area contributed by atoms with E-state index in [1.807, 2.05) is 19.9 Å². The summed E-state index contributed by atoms with van der Waals surface area (Å²) in [7, 11) is 1.30. The van der Waals surface area contributed by atoms with Gasteiger partial charge in [0.25, 0.3) is 5.91 Å². The number of ether oxygens (including phenoxy) is 1. The van der Waals surface area contributed by atoms with Crippen molar-refractivity contribution in [2.24, 2.45) is 0 Å². The standard InChI is InChI=1S/C14H15N3O3S/c1-4-10-12(21-17-16-10)13(18)15-11-6-5-8(2)7-9(11)14(19)20-3/h5-7H,4H2,1-3H3,(H,15,18). The highest BCUT2D eigenvalue weighted by atomic mass is 32.1. The minimum Gasteiger partial charge on any atom is -0.465 e. The molecule has 1 heterocycles. The highest BCUT2D eigenvalue weighted by Crippen LogP contribution is 2.21. The minimum atomic E-state index is -0.493. The summed E-state index contributed by atoms with van der Waals surface area (Å²) in [5.41, 5.74) is 2.28. The number of anilines is 1. The zero-order chi connectivity index (χ0) is 15.4. The third kappa shape index (κ3) is 3.25. The third-order valence-electron chi connectivity index (χ3n) is 2.93. The van der Waals surface area contributed by atoms with E-state index in [-0.39, 0.29) is 5.91 Å². The van der Waals surface area contributed by atoms with E-state index < -0.39 is 5.97 Å². The predicted molar refractivity (Wildman–Crippen MR) is 79.8 cm³/mol. The Morgan fingerprint density at radius 2 is 2.14 bits per heavy atom. The fraction of sp³-hybridized carbons (Fsp3) is 0.286. The fourth-order valence-electron chi connectivity index (χ4n) is 1.84. The van der Waals surface area contributed by atoms with E-state index in [4.69, 9.17) is 4.74 Å². The number of aromatic nitrogens is 2. The van der Waals surface area contributed by atoms with Crippen LogP contribution in [0.15, 0.2) is 18.2 Å². The summed E-state index contributed by atoms with van der Waals surface area (Å²) in [4.78, 5) is 24.5. The molecule has 0 aliphatic heterocycles. The maximum atomic E-state index is 12.3. The molecule has 1 aromatic heterocycles. The second-order valence-electron chi connectivity index (χ2n) is 4.40. The lowest BCUT2D eigenvalue weighted by atomic mass is 10.1. The van der Waals surface area contributed by atoms with Crippen molar-refractivity contribution in [3.63, 3.8) is 0 Å². The summed E-state index contributed by atoms with van der Waals surface area (Å²) >= 11 is 1.04. The normalized spacial score (nSPS) is 10.2. The summed E-state index contributed by atoms with van der Waals surface area (Å²) < 4.78 is 8.52. The van der Waals surface area contributed by atoms with Crippen LogP contribution >= 0.6 is 11.5 Å². The molecular weight excluding hydrogens is 290 g/mol. The molecule has 0 aliphatic rings. The Morgan fingerprint density at radius 3 is 2.81 bits per heavy atom. The molecule has 21 heavy (non-hydrogen) atoms. The predicted octanol–water partition coefficient (Wildman–Crippen LogP) is 2.45. The number of methoxy groups -OCH3 is 1. The molecule has 0 radical (unpaired) electrons. The van der Waals surface area contributed by atoms with Gasteiger partial charge in [0, 0.05) is 0 Å². The van der Waals surface area contributed by atoms with E-state index >= 15 is 0 Å². The quantitative estimate of drug-likeness (QED) is 0.877. The largest absolute Gasteiger partial charge is 0.465 e. The summed E-state index contributed by atoms with van der Waals surface area (Å²) in [6, 6.07) is 5.17. The first-order chi connectivity index (χ1) is 10.1. The second kappa shape index (κ2) is 6.45. The number of aryl methyl sites for hydroxylation is 2. The summed E-state index contributed by atoms with van der Waals surface area (Å²) in [6.45, 7) is 3.76. The van der Waals surface area contributed by atoms with Crippen LogP contribution in [-0.2, 0) is 11.2 Å². The van der Waals surface area contributed by atoms with Crippen LogP contribution in [0, 0.1) is 6.92 Å². The zero-order valence-electron chi connectivity index (χ0n) is 12.0. The number of rotatable bonds is 4. The van der Waals surface area contributed by atoms with Crippen molar-refractivity contribution in [3.05, 3.63) is 39.9 Å². The number of hydrogen-bond donors (Lipinski definition) is 1. The van der Waals surface area contributed by atoms with Crippen LogP contribution in [0.4, 0.5) is 5.69 Å². The Morgan fingerprint density at radius 1 is 1.38 bits per heavy atom. The van der Waals surface area contributed by atoms with Gasteiger partial charge >= 0.3 is 5.97 Å². The molecule has 0 spiro atoms. The van der Waals surface area contributed by atoms with E-state index in [0.717, 1.165) is 17.1 Å². The first kappa shape index (κ1) is 15.1. The molecule has 0 fully saturated rings. The number of benzene rings is 1. The van der Waals surface area contributed by atoms with Crippen molar-refractivity contribution in [2.75, 3.05) is 12.4 Å². The molecule has 2 rings (SSSR count). The van der Waals surface area contributed by atoms with Crippen molar-refractivity contribution >= 4 is 29.1 Å². The minimum absolute atomic E-state index is 0.321. The molecule has 0 saturated heterocycles. The fourth-order valence-corrected chi connectivity index (χ4v) is 2.48. The lowest BCUT2D eigenvalue weighted by Gasteiger charge is -2.10. The lowest BCUT2D eigenvalue weighted by molar-refractivity contribution is 0.0602. The van der Waals surface area contributed by atoms with E-state index in [2.05, 4.69) is 14.9 Å². The van der Waals surface area contributed by atoms with Gasteiger partial charge in [-0.3, -0.25) is 4.79 Å². The highest BCUT2D eigenvalue weighted by Gasteiger charge is 2.18. The highest BCUT2D eigenvalue weighted by molar-refractivity contribution is 7.08. The van der Waals surface area contributed by atoms with Crippen molar-refractivity contribution in [1.29, 1.82) is 0 Å².